The summed E-state index contributed by atoms with van der Waals surface area (Å²) in [6, 6.07) is 10.1. The number of para-hydroxylation sites is 1. The van der Waals surface area contributed by atoms with Gasteiger partial charge in [0.2, 0.25) is 0 Å². The van der Waals surface area contributed by atoms with Crippen molar-refractivity contribution in [2.75, 3.05) is 26.2 Å². The third-order valence-corrected chi connectivity index (χ3v) is 6.25. The van der Waals surface area contributed by atoms with Gasteiger partial charge in [0.25, 0.3) is 5.91 Å². The van der Waals surface area contributed by atoms with Gasteiger partial charge in [-0.15, -0.1) is 0 Å². The number of piperidine rings is 1. The van der Waals surface area contributed by atoms with Crippen LogP contribution in [0.3, 0.4) is 0 Å². The van der Waals surface area contributed by atoms with E-state index in [4.69, 9.17) is 4.74 Å². The van der Waals surface area contributed by atoms with E-state index >= 15 is 0 Å². The van der Waals surface area contributed by atoms with Crippen molar-refractivity contribution < 1.29 is 9.53 Å². The summed E-state index contributed by atoms with van der Waals surface area (Å²) < 4.78 is 6.68. The molecule has 32 heavy (non-hydrogen) atoms. The number of ether oxygens (including phenoxy) is 1. The molecule has 0 aliphatic carbocycles. The summed E-state index contributed by atoms with van der Waals surface area (Å²) >= 11 is 0. The molecule has 1 spiro atoms. The maximum absolute atomic E-state index is 12.7. The first-order valence-electron chi connectivity index (χ1n) is 11.4. The number of hydrogen-bond acceptors (Lipinski definition) is 4. The molecule has 0 radical (unpaired) electrons. The van der Waals surface area contributed by atoms with Crippen molar-refractivity contribution in [1.29, 1.82) is 0 Å². The molecule has 4 rings (SSSR count). The fraction of sp³-hybridized carbons (Fsp3) is 0.333. The van der Waals surface area contributed by atoms with Crippen LogP contribution in [-0.2, 0) is 0 Å². The standard InChI is InChI=1S/C27H31N3O2/c1-4-7-9-20-10-8-11-22-23(18-27(32-25(20)22)14-16-28-17-15-27)21-12-13-24(29-19-21)26(31)30(5-2)6-3/h4,7-13,18-19,28H,1,5-6,14-17H2,2-3H3/b9-7-. The van der Waals surface area contributed by atoms with E-state index in [0.717, 1.165) is 53.9 Å². The average Bonchev–Trinajstić information content (AvgIpc) is 2.83. The normalized spacial score (nSPS) is 16.9. The Kier molecular flexibility index (Phi) is 6.56. The fourth-order valence-electron chi connectivity index (χ4n) is 4.45. The number of fused-ring (bicyclic) bond motifs is 1. The number of benzene rings is 1. The molecule has 3 heterocycles. The van der Waals surface area contributed by atoms with Crippen molar-refractivity contribution in [3.8, 4) is 5.75 Å². The first kappa shape index (κ1) is 22.0. The molecule has 0 unspecified atom stereocenters. The summed E-state index contributed by atoms with van der Waals surface area (Å²) in [5.74, 6) is 0.864. The number of amides is 1. The molecule has 0 saturated carbocycles. The van der Waals surface area contributed by atoms with Crippen molar-refractivity contribution >= 4 is 17.6 Å². The summed E-state index contributed by atoms with van der Waals surface area (Å²) in [6.45, 7) is 10.9. The summed E-state index contributed by atoms with van der Waals surface area (Å²) in [5, 5.41) is 3.43. The quantitative estimate of drug-likeness (QED) is 0.676. The summed E-state index contributed by atoms with van der Waals surface area (Å²) in [6.07, 6.45) is 11.6. The molecule has 0 bridgehead atoms. The van der Waals surface area contributed by atoms with E-state index in [0.29, 0.717) is 18.8 Å². The lowest BCUT2D eigenvalue weighted by molar-refractivity contribution is 0.0766. The number of carbonyl (C=O) groups excluding carboxylic acids is 1. The first-order valence-corrected chi connectivity index (χ1v) is 11.4. The van der Waals surface area contributed by atoms with Gasteiger partial charge in [0, 0.05) is 48.8 Å². The molecule has 0 atom stereocenters. The van der Waals surface area contributed by atoms with Crippen LogP contribution in [0.25, 0.3) is 11.6 Å². The minimum atomic E-state index is -0.346. The number of pyridine rings is 1. The zero-order chi connectivity index (χ0) is 22.6. The Morgan fingerprint density at radius 1 is 1.22 bits per heavy atom. The Morgan fingerprint density at radius 2 is 2.00 bits per heavy atom. The van der Waals surface area contributed by atoms with Gasteiger partial charge in [0.15, 0.2) is 0 Å². The molecule has 1 fully saturated rings. The van der Waals surface area contributed by atoms with Crippen LogP contribution in [0.1, 0.15) is 53.9 Å². The predicted octanol–water partition coefficient (Wildman–Crippen LogP) is 4.71. The van der Waals surface area contributed by atoms with Crippen LogP contribution >= 0.6 is 0 Å². The van der Waals surface area contributed by atoms with E-state index in [1.54, 1.807) is 11.0 Å². The Bertz CT molecular complexity index is 1040. The highest BCUT2D eigenvalue weighted by Gasteiger charge is 2.37. The highest BCUT2D eigenvalue weighted by atomic mass is 16.5. The molecule has 166 valence electrons. The van der Waals surface area contributed by atoms with Gasteiger partial charge in [0.05, 0.1) is 0 Å². The predicted molar refractivity (Wildman–Crippen MR) is 130 cm³/mol. The molecule has 1 N–H and O–H groups in total. The SMILES string of the molecule is C=C/C=C\c1cccc2c1OC1(C=C2c2ccc(C(=O)N(CC)CC)nc2)CCNCC1. The van der Waals surface area contributed by atoms with Gasteiger partial charge >= 0.3 is 0 Å². The van der Waals surface area contributed by atoms with Gasteiger partial charge in [-0.2, -0.15) is 0 Å². The van der Waals surface area contributed by atoms with Gasteiger partial charge in [0.1, 0.15) is 17.0 Å². The van der Waals surface area contributed by atoms with Crippen LogP contribution in [0.2, 0.25) is 0 Å². The van der Waals surface area contributed by atoms with Crippen LogP contribution < -0.4 is 10.1 Å². The number of nitrogens with zero attached hydrogens (tertiary/aromatic N) is 2. The van der Waals surface area contributed by atoms with E-state index in [9.17, 15) is 4.79 Å². The molecule has 2 aliphatic heterocycles. The van der Waals surface area contributed by atoms with Gasteiger partial charge < -0.3 is 15.0 Å². The second kappa shape index (κ2) is 9.53. The monoisotopic (exact) mass is 429 g/mol. The minimum Gasteiger partial charge on any atom is -0.482 e. The fourth-order valence-corrected chi connectivity index (χ4v) is 4.45. The Morgan fingerprint density at radius 3 is 2.66 bits per heavy atom. The Balaban J connectivity index is 1.77. The van der Waals surface area contributed by atoms with Gasteiger partial charge in [-0.1, -0.05) is 49.1 Å². The first-order chi connectivity index (χ1) is 15.6. The molecular weight excluding hydrogens is 398 g/mol. The van der Waals surface area contributed by atoms with Crippen molar-refractivity contribution in [2.24, 2.45) is 0 Å². The summed E-state index contributed by atoms with van der Waals surface area (Å²) in [5.41, 5.74) is 4.31. The Labute approximate surface area is 190 Å². The van der Waals surface area contributed by atoms with Crippen LogP contribution in [0.5, 0.6) is 5.75 Å². The van der Waals surface area contributed by atoms with Crippen molar-refractivity contribution in [3.63, 3.8) is 0 Å². The molecule has 2 aromatic rings. The number of nitrogens with one attached hydrogen (secondary N) is 1. The molecule has 1 aromatic heterocycles. The van der Waals surface area contributed by atoms with Crippen LogP contribution in [0.4, 0.5) is 0 Å². The third-order valence-electron chi connectivity index (χ3n) is 6.25. The van der Waals surface area contributed by atoms with Crippen LogP contribution in [0, 0.1) is 0 Å². The van der Waals surface area contributed by atoms with E-state index < -0.39 is 0 Å². The highest BCUT2D eigenvalue weighted by Crippen LogP contribution is 2.44. The number of carbonyl (C=O) groups is 1. The second-order valence-electron chi connectivity index (χ2n) is 8.20. The molecular formula is C27H31N3O2. The van der Waals surface area contributed by atoms with Crippen molar-refractivity contribution in [1.82, 2.24) is 15.2 Å². The van der Waals surface area contributed by atoms with Crippen molar-refractivity contribution in [2.45, 2.75) is 32.3 Å². The molecule has 2 aliphatic rings. The zero-order valence-electron chi connectivity index (χ0n) is 18.9. The van der Waals surface area contributed by atoms with Crippen LogP contribution in [-0.4, -0.2) is 47.6 Å². The minimum absolute atomic E-state index is 0.0328. The van der Waals surface area contributed by atoms with Gasteiger partial charge in [-0.3, -0.25) is 9.78 Å². The maximum Gasteiger partial charge on any atom is 0.272 e. The van der Waals surface area contributed by atoms with E-state index in [-0.39, 0.29) is 11.5 Å². The van der Waals surface area contributed by atoms with Crippen LogP contribution in [0.15, 0.2) is 61.3 Å². The van der Waals surface area contributed by atoms with E-state index in [1.165, 1.54) is 0 Å². The lowest BCUT2D eigenvalue weighted by Gasteiger charge is -2.40. The molecule has 1 saturated heterocycles. The van der Waals surface area contributed by atoms with E-state index in [1.807, 2.05) is 50.4 Å². The average molecular weight is 430 g/mol. The third kappa shape index (κ3) is 4.26. The van der Waals surface area contributed by atoms with Gasteiger partial charge in [-0.25, -0.2) is 0 Å². The van der Waals surface area contributed by atoms with Gasteiger partial charge in [-0.05, 0) is 44.7 Å². The summed E-state index contributed by atoms with van der Waals surface area (Å²) in [4.78, 5) is 19.0. The number of aromatic nitrogens is 1. The number of rotatable bonds is 6. The lowest BCUT2D eigenvalue weighted by Crippen LogP contribution is -2.46. The van der Waals surface area contributed by atoms with E-state index in [2.05, 4.69) is 35.1 Å². The van der Waals surface area contributed by atoms with Crippen molar-refractivity contribution in [3.05, 3.63) is 83.7 Å². The smallest absolute Gasteiger partial charge is 0.272 e. The second-order valence-corrected chi connectivity index (χ2v) is 8.20. The number of allylic oxidation sites excluding steroid dienone is 2. The largest absolute Gasteiger partial charge is 0.482 e. The highest BCUT2D eigenvalue weighted by molar-refractivity contribution is 5.93. The number of hydrogen-bond donors (Lipinski definition) is 1. The molecule has 5 nitrogen and oxygen atoms in total. The molecule has 1 aromatic carbocycles. The molecule has 5 heteroatoms. The summed E-state index contributed by atoms with van der Waals surface area (Å²) in [7, 11) is 0. The lowest BCUT2D eigenvalue weighted by atomic mass is 9.83. The maximum atomic E-state index is 12.7. The molecule has 1 amide bonds. The Hall–Kier alpha value is -3.18. The topological polar surface area (TPSA) is 54.5 Å². The zero-order valence-corrected chi connectivity index (χ0v) is 18.9.